The molecular formula is C20H9Cl2NO2S. The van der Waals surface area contributed by atoms with Gasteiger partial charge in [0.15, 0.2) is 0 Å². The van der Waals surface area contributed by atoms with Gasteiger partial charge in [0, 0.05) is 15.1 Å². The maximum atomic E-state index is 12.8. The van der Waals surface area contributed by atoms with Crippen molar-refractivity contribution in [2.75, 3.05) is 0 Å². The first-order chi connectivity index (χ1) is 12.5. The third-order valence-corrected chi connectivity index (χ3v) is 6.14. The van der Waals surface area contributed by atoms with Gasteiger partial charge in [0.2, 0.25) is 5.78 Å². The zero-order valence-electron chi connectivity index (χ0n) is 13.1. The van der Waals surface area contributed by atoms with Crippen LogP contribution in [0, 0.1) is 0 Å². The first-order valence-electron chi connectivity index (χ1n) is 7.80. The molecule has 0 unspecified atom stereocenters. The number of ketones is 1. The number of aliphatic imine (C=N–C) groups is 1. The van der Waals surface area contributed by atoms with Crippen LogP contribution in [-0.2, 0) is 0 Å². The van der Waals surface area contributed by atoms with E-state index in [1.54, 1.807) is 12.1 Å². The molecule has 1 aliphatic heterocycles. The summed E-state index contributed by atoms with van der Waals surface area (Å²) in [5.41, 5.74) is 0.962. The highest BCUT2D eigenvalue weighted by Gasteiger charge is 2.31. The lowest BCUT2D eigenvalue weighted by Gasteiger charge is -2.00. The fourth-order valence-corrected chi connectivity index (χ4v) is 4.94. The lowest BCUT2D eigenvalue weighted by Crippen LogP contribution is -2.09. The number of Topliss-reactive ketones (excluding diaryl/α,β-unsaturated/α-hetero) is 1. The number of rotatable bonds is 1. The van der Waals surface area contributed by atoms with Crippen LogP contribution in [0.2, 0.25) is 10.0 Å². The van der Waals surface area contributed by atoms with E-state index in [-0.39, 0.29) is 17.2 Å². The zero-order chi connectivity index (χ0) is 18.0. The lowest BCUT2D eigenvalue weighted by molar-refractivity contribution is 0.107. The molecule has 3 nitrogen and oxygen atoms in total. The Balaban J connectivity index is 1.77. The Labute approximate surface area is 162 Å². The van der Waals surface area contributed by atoms with Crippen LogP contribution in [0.1, 0.15) is 15.2 Å². The highest BCUT2D eigenvalue weighted by atomic mass is 35.5. The summed E-state index contributed by atoms with van der Waals surface area (Å²) < 4.78 is 0.895. The molecule has 0 spiro atoms. The van der Waals surface area contributed by atoms with Crippen molar-refractivity contribution in [1.82, 2.24) is 0 Å². The number of halogens is 2. The van der Waals surface area contributed by atoms with Gasteiger partial charge in [-0.1, -0.05) is 53.5 Å². The van der Waals surface area contributed by atoms with E-state index in [0.29, 0.717) is 26.2 Å². The van der Waals surface area contributed by atoms with E-state index in [1.807, 2.05) is 36.4 Å². The van der Waals surface area contributed by atoms with Gasteiger partial charge in [-0.3, -0.25) is 4.79 Å². The number of nitrogens with zero attached hydrogens (tertiary/aromatic N) is 1. The molecule has 0 atom stereocenters. The minimum absolute atomic E-state index is 0.0731. The summed E-state index contributed by atoms with van der Waals surface area (Å²) in [6.45, 7) is 0. The molecule has 1 N–H and O–H groups in total. The Morgan fingerprint density at radius 2 is 1.85 bits per heavy atom. The Morgan fingerprint density at radius 1 is 1.04 bits per heavy atom. The van der Waals surface area contributed by atoms with Crippen molar-refractivity contribution < 1.29 is 9.90 Å². The van der Waals surface area contributed by atoms with Gasteiger partial charge in [-0.05, 0) is 29.0 Å². The van der Waals surface area contributed by atoms with Gasteiger partial charge >= 0.3 is 0 Å². The summed E-state index contributed by atoms with van der Waals surface area (Å²) in [5, 5.41) is 14.3. The summed E-state index contributed by atoms with van der Waals surface area (Å²) >= 11 is 13.5. The SMILES string of the molecule is O=C1C(c2sc3ccc4ccccc4c3c2O)=Nc2c(Cl)cc(Cl)cc21. The topological polar surface area (TPSA) is 49.7 Å². The first-order valence-corrected chi connectivity index (χ1v) is 9.38. The second-order valence-electron chi connectivity index (χ2n) is 6.01. The van der Waals surface area contributed by atoms with Crippen molar-refractivity contribution in [3.05, 3.63) is 69.0 Å². The minimum Gasteiger partial charge on any atom is -0.506 e. The Bertz CT molecular complexity index is 1290. The van der Waals surface area contributed by atoms with Crippen LogP contribution in [0.5, 0.6) is 5.75 Å². The largest absolute Gasteiger partial charge is 0.506 e. The van der Waals surface area contributed by atoms with Crippen LogP contribution in [0.25, 0.3) is 20.9 Å². The van der Waals surface area contributed by atoms with Crippen LogP contribution in [0.4, 0.5) is 5.69 Å². The molecule has 5 rings (SSSR count). The molecule has 0 saturated heterocycles. The maximum absolute atomic E-state index is 12.8. The maximum Gasteiger partial charge on any atom is 0.215 e. The van der Waals surface area contributed by atoms with E-state index in [0.717, 1.165) is 20.9 Å². The van der Waals surface area contributed by atoms with Crippen LogP contribution in [0.3, 0.4) is 0 Å². The van der Waals surface area contributed by atoms with Crippen molar-refractivity contribution in [3.63, 3.8) is 0 Å². The Kier molecular flexibility index (Phi) is 3.38. The summed E-state index contributed by atoms with van der Waals surface area (Å²) in [6, 6.07) is 14.9. The Hall–Kier alpha value is -2.40. The molecule has 126 valence electrons. The van der Waals surface area contributed by atoms with Crippen molar-refractivity contribution in [3.8, 4) is 5.75 Å². The third kappa shape index (κ3) is 2.13. The quantitative estimate of drug-likeness (QED) is 0.404. The number of carbonyl (C=O) groups is 1. The predicted molar refractivity (Wildman–Crippen MR) is 108 cm³/mol. The monoisotopic (exact) mass is 397 g/mol. The third-order valence-electron chi connectivity index (χ3n) is 4.48. The van der Waals surface area contributed by atoms with E-state index in [2.05, 4.69) is 4.99 Å². The molecule has 0 aliphatic carbocycles. The number of aromatic hydroxyl groups is 1. The molecule has 6 heteroatoms. The molecule has 0 amide bonds. The molecular weight excluding hydrogens is 389 g/mol. The molecule has 26 heavy (non-hydrogen) atoms. The summed E-state index contributed by atoms with van der Waals surface area (Å²) in [6.07, 6.45) is 0. The number of hydrogen-bond acceptors (Lipinski definition) is 4. The van der Waals surface area contributed by atoms with E-state index >= 15 is 0 Å². The van der Waals surface area contributed by atoms with Gasteiger partial charge in [-0.2, -0.15) is 0 Å². The molecule has 1 aliphatic rings. The number of carbonyl (C=O) groups excluding carboxylic acids is 1. The molecule has 0 bridgehead atoms. The number of hydrogen-bond donors (Lipinski definition) is 1. The van der Waals surface area contributed by atoms with E-state index in [9.17, 15) is 9.90 Å². The van der Waals surface area contributed by atoms with E-state index in [1.165, 1.54) is 11.3 Å². The number of fused-ring (bicyclic) bond motifs is 4. The second kappa shape index (κ2) is 5.55. The standard InChI is InChI=1S/C20H9Cl2NO2S/c21-10-7-12-16(13(22)8-10)23-17(18(12)24)20-19(25)15-11-4-2-1-3-9(11)5-6-14(15)26-20/h1-8,25H. The van der Waals surface area contributed by atoms with Crippen molar-refractivity contribution in [2.45, 2.75) is 0 Å². The number of thiophene rings is 1. The first kappa shape index (κ1) is 15.8. The smallest absolute Gasteiger partial charge is 0.215 e. The predicted octanol–water partition coefficient (Wildman–Crippen LogP) is 6.38. The second-order valence-corrected chi connectivity index (χ2v) is 7.91. The lowest BCUT2D eigenvalue weighted by atomic mass is 10.0. The van der Waals surface area contributed by atoms with Crippen LogP contribution in [-0.4, -0.2) is 16.6 Å². The molecule has 0 fully saturated rings. The van der Waals surface area contributed by atoms with Gasteiger partial charge in [-0.15, -0.1) is 11.3 Å². The highest BCUT2D eigenvalue weighted by Crippen LogP contribution is 2.45. The average Bonchev–Trinajstić information content (AvgIpc) is 3.13. The fourth-order valence-electron chi connectivity index (χ4n) is 3.31. The van der Waals surface area contributed by atoms with Crippen LogP contribution < -0.4 is 0 Å². The molecule has 0 saturated carbocycles. The highest BCUT2D eigenvalue weighted by molar-refractivity contribution is 7.22. The summed E-state index contributed by atoms with van der Waals surface area (Å²) in [7, 11) is 0. The summed E-state index contributed by atoms with van der Waals surface area (Å²) in [5.74, 6) is -0.209. The molecule has 4 aromatic rings. The van der Waals surface area contributed by atoms with E-state index in [4.69, 9.17) is 23.2 Å². The molecule has 3 aromatic carbocycles. The van der Waals surface area contributed by atoms with Gasteiger partial charge in [-0.25, -0.2) is 4.99 Å². The zero-order valence-corrected chi connectivity index (χ0v) is 15.4. The minimum atomic E-state index is -0.282. The summed E-state index contributed by atoms with van der Waals surface area (Å²) in [4.78, 5) is 17.7. The Morgan fingerprint density at radius 3 is 2.69 bits per heavy atom. The van der Waals surface area contributed by atoms with Crippen molar-refractivity contribution in [2.24, 2.45) is 4.99 Å². The van der Waals surface area contributed by atoms with Crippen LogP contribution >= 0.6 is 34.5 Å². The van der Waals surface area contributed by atoms with Crippen molar-refractivity contribution in [1.29, 1.82) is 0 Å². The average molecular weight is 398 g/mol. The molecule has 2 heterocycles. The van der Waals surface area contributed by atoms with Gasteiger partial charge in [0.1, 0.15) is 11.5 Å². The number of benzene rings is 3. The molecule has 1 aromatic heterocycles. The molecule has 0 radical (unpaired) electrons. The fraction of sp³-hybridized carbons (Fsp3) is 0. The van der Waals surface area contributed by atoms with Gasteiger partial charge in [0.25, 0.3) is 0 Å². The van der Waals surface area contributed by atoms with Gasteiger partial charge in [0.05, 0.1) is 21.2 Å². The van der Waals surface area contributed by atoms with Crippen LogP contribution in [0.15, 0.2) is 53.5 Å². The normalized spacial score (nSPS) is 13.5. The van der Waals surface area contributed by atoms with Crippen molar-refractivity contribution >= 4 is 72.6 Å². The van der Waals surface area contributed by atoms with Gasteiger partial charge < -0.3 is 5.11 Å². The van der Waals surface area contributed by atoms with E-state index < -0.39 is 0 Å².